The average Bonchev–Trinajstić information content (AvgIpc) is 2.75. The van der Waals surface area contributed by atoms with Crippen LogP contribution in [0.1, 0.15) is 24.8 Å². The lowest BCUT2D eigenvalue weighted by atomic mass is 9.91. The minimum Gasteiger partial charge on any atom is -0.464 e. The first kappa shape index (κ1) is 13.8. The van der Waals surface area contributed by atoms with E-state index in [4.69, 9.17) is 16.3 Å². The Morgan fingerprint density at radius 2 is 2.32 bits per heavy atom. The van der Waals surface area contributed by atoms with E-state index in [1.54, 1.807) is 13.0 Å². The van der Waals surface area contributed by atoms with Crippen molar-refractivity contribution in [3.8, 4) is 0 Å². The van der Waals surface area contributed by atoms with Gasteiger partial charge in [-0.1, -0.05) is 23.7 Å². The topological polar surface area (TPSA) is 55.4 Å². The van der Waals surface area contributed by atoms with Crippen LogP contribution < -0.4 is 5.32 Å². The lowest BCUT2D eigenvalue weighted by molar-refractivity contribution is -0.146. The molecule has 0 saturated carbocycles. The summed E-state index contributed by atoms with van der Waals surface area (Å²) in [5, 5.41) is 2.48. The summed E-state index contributed by atoms with van der Waals surface area (Å²) in [7, 11) is 0. The Bertz CT molecular complexity index is 521. The summed E-state index contributed by atoms with van der Waals surface area (Å²) in [5.41, 5.74) is 0.254. The number of amides is 1. The lowest BCUT2D eigenvalue weighted by Crippen LogP contribution is -2.37. The van der Waals surface area contributed by atoms with Crippen molar-refractivity contribution >= 4 is 23.5 Å². The van der Waals surface area contributed by atoms with Crippen LogP contribution in [0.2, 0.25) is 5.02 Å². The molecule has 1 aliphatic heterocycles. The summed E-state index contributed by atoms with van der Waals surface area (Å²) in [5.74, 6) is -2.05. The molecule has 19 heavy (non-hydrogen) atoms. The number of ether oxygens (including phenoxy) is 1. The summed E-state index contributed by atoms with van der Waals surface area (Å²) in [6.45, 7) is 1.87. The number of carbonyl (C=O) groups excluding carboxylic acids is 2. The maximum Gasteiger partial charge on any atom is 0.329 e. The van der Waals surface area contributed by atoms with Crippen LogP contribution in [-0.4, -0.2) is 24.5 Å². The van der Waals surface area contributed by atoms with Crippen molar-refractivity contribution in [2.24, 2.45) is 0 Å². The van der Waals surface area contributed by atoms with Gasteiger partial charge in [0.2, 0.25) is 5.91 Å². The maximum absolute atomic E-state index is 14.0. The van der Waals surface area contributed by atoms with Crippen LogP contribution in [0.25, 0.3) is 0 Å². The molecule has 0 aromatic heterocycles. The van der Waals surface area contributed by atoms with Crippen LogP contribution in [0.5, 0.6) is 0 Å². The first-order chi connectivity index (χ1) is 9.04. The van der Waals surface area contributed by atoms with Gasteiger partial charge in [-0.05, 0) is 18.6 Å². The van der Waals surface area contributed by atoms with Crippen molar-refractivity contribution in [1.29, 1.82) is 0 Å². The molecular weight excluding hydrogens is 273 g/mol. The molecule has 2 atom stereocenters. The predicted octanol–water partition coefficient (Wildman–Crippen LogP) is 2.01. The quantitative estimate of drug-likeness (QED) is 0.865. The Labute approximate surface area is 114 Å². The van der Waals surface area contributed by atoms with Crippen molar-refractivity contribution in [2.45, 2.75) is 25.3 Å². The van der Waals surface area contributed by atoms with Gasteiger partial charge in [0.25, 0.3) is 0 Å². The molecule has 1 aliphatic rings. The van der Waals surface area contributed by atoms with E-state index in [1.165, 1.54) is 12.1 Å². The highest BCUT2D eigenvalue weighted by Gasteiger charge is 2.40. The third-order valence-electron chi connectivity index (χ3n) is 3.05. The zero-order chi connectivity index (χ0) is 14.0. The number of hydrogen-bond acceptors (Lipinski definition) is 3. The number of hydrogen-bond donors (Lipinski definition) is 1. The predicted molar refractivity (Wildman–Crippen MR) is 67.3 cm³/mol. The van der Waals surface area contributed by atoms with Crippen LogP contribution in [0.4, 0.5) is 4.39 Å². The second-order valence-corrected chi connectivity index (χ2v) is 4.66. The lowest BCUT2D eigenvalue weighted by Gasteiger charge is -2.18. The van der Waals surface area contributed by atoms with Crippen molar-refractivity contribution in [3.05, 3.63) is 34.6 Å². The number of benzene rings is 1. The van der Waals surface area contributed by atoms with Gasteiger partial charge in [-0.2, -0.15) is 0 Å². The van der Waals surface area contributed by atoms with E-state index >= 15 is 0 Å². The first-order valence-corrected chi connectivity index (χ1v) is 6.32. The molecule has 1 heterocycles. The SMILES string of the molecule is CCOC(=O)C1NC(=O)CC1c1cccc(Cl)c1F. The van der Waals surface area contributed by atoms with Crippen LogP contribution in [0.15, 0.2) is 18.2 Å². The van der Waals surface area contributed by atoms with Crippen molar-refractivity contribution in [2.75, 3.05) is 6.61 Å². The van der Waals surface area contributed by atoms with E-state index in [0.29, 0.717) is 0 Å². The van der Waals surface area contributed by atoms with E-state index < -0.39 is 23.7 Å². The molecule has 0 spiro atoms. The van der Waals surface area contributed by atoms with Gasteiger partial charge in [-0.25, -0.2) is 9.18 Å². The molecule has 102 valence electrons. The minimum atomic E-state index is -0.861. The minimum absolute atomic E-state index is 0.0283. The molecule has 1 amide bonds. The highest BCUT2D eigenvalue weighted by Crippen LogP contribution is 2.33. The summed E-state index contributed by atoms with van der Waals surface area (Å²) in [6, 6.07) is 3.68. The molecule has 1 aromatic carbocycles. The highest BCUT2D eigenvalue weighted by molar-refractivity contribution is 6.30. The molecule has 0 bridgehead atoms. The summed E-state index contributed by atoms with van der Waals surface area (Å²) < 4.78 is 18.9. The molecule has 6 heteroatoms. The fourth-order valence-electron chi connectivity index (χ4n) is 2.20. The van der Waals surface area contributed by atoms with Gasteiger partial charge in [-0.3, -0.25) is 4.79 Å². The number of nitrogens with one attached hydrogen (secondary N) is 1. The van der Waals surface area contributed by atoms with Gasteiger partial charge >= 0.3 is 5.97 Å². The van der Waals surface area contributed by atoms with Crippen LogP contribution in [-0.2, 0) is 14.3 Å². The van der Waals surface area contributed by atoms with Gasteiger partial charge in [0.05, 0.1) is 11.6 Å². The van der Waals surface area contributed by atoms with Crippen LogP contribution in [0, 0.1) is 5.82 Å². The Morgan fingerprint density at radius 1 is 1.58 bits per heavy atom. The fraction of sp³-hybridized carbons (Fsp3) is 0.385. The normalized spacial score (nSPS) is 22.2. The molecule has 4 nitrogen and oxygen atoms in total. The van der Waals surface area contributed by atoms with Gasteiger partial charge in [-0.15, -0.1) is 0 Å². The molecular formula is C13H13ClFNO3. The summed E-state index contributed by atoms with van der Waals surface area (Å²) in [4.78, 5) is 23.2. The van der Waals surface area contributed by atoms with E-state index in [0.717, 1.165) is 0 Å². The summed E-state index contributed by atoms with van der Waals surface area (Å²) in [6.07, 6.45) is 0.0424. The number of esters is 1. The first-order valence-electron chi connectivity index (χ1n) is 5.94. The van der Waals surface area contributed by atoms with E-state index in [2.05, 4.69) is 5.32 Å². The third-order valence-corrected chi connectivity index (χ3v) is 3.34. The molecule has 1 fully saturated rings. The molecule has 0 aliphatic carbocycles. The average molecular weight is 286 g/mol. The van der Waals surface area contributed by atoms with E-state index in [9.17, 15) is 14.0 Å². The van der Waals surface area contributed by atoms with Crippen LogP contribution in [0.3, 0.4) is 0 Å². The Hall–Kier alpha value is -1.62. The largest absolute Gasteiger partial charge is 0.464 e. The Balaban J connectivity index is 2.33. The molecule has 1 aromatic rings. The molecule has 0 radical (unpaired) electrons. The second kappa shape index (κ2) is 5.57. The number of carbonyl (C=O) groups is 2. The number of halogens is 2. The zero-order valence-electron chi connectivity index (χ0n) is 10.3. The smallest absolute Gasteiger partial charge is 0.329 e. The van der Waals surface area contributed by atoms with Gasteiger partial charge in [0.15, 0.2) is 0 Å². The monoisotopic (exact) mass is 285 g/mol. The second-order valence-electron chi connectivity index (χ2n) is 4.25. The molecule has 1 saturated heterocycles. The number of rotatable bonds is 3. The van der Waals surface area contributed by atoms with Gasteiger partial charge < -0.3 is 10.1 Å². The van der Waals surface area contributed by atoms with Gasteiger partial charge in [0.1, 0.15) is 11.9 Å². The zero-order valence-corrected chi connectivity index (χ0v) is 11.0. The highest BCUT2D eigenvalue weighted by atomic mass is 35.5. The Morgan fingerprint density at radius 3 is 3.00 bits per heavy atom. The Kier molecular flexibility index (Phi) is 4.04. The van der Waals surface area contributed by atoms with Crippen molar-refractivity contribution in [3.63, 3.8) is 0 Å². The molecule has 1 N–H and O–H groups in total. The fourth-order valence-corrected chi connectivity index (χ4v) is 2.38. The van der Waals surface area contributed by atoms with Gasteiger partial charge in [0, 0.05) is 12.3 Å². The van der Waals surface area contributed by atoms with E-state index in [1.807, 2.05) is 0 Å². The maximum atomic E-state index is 14.0. The van der Waals surface area contributed by atoms with Crippen molar-refractivity contribution in [1.82, 2.24) is 5.32 Å². The summed E-state index contributed by atoms with van der Waals surface area (Å²) >= 11 is 5.72. The standard InChI is InChI=1S/C13H13ClFNO3/c1-2-19-13(18)12-8(6-10(17)16-12)7-4-3-5-9(14)11(7)15/h3-5,8,12H,2,6H2,1H3,(H,16,17). The van der Waals surface area contributed by atoms with Crippen LogP contribution >= 0.6 is 11.6 Å². The van der Waals surface area contributed by atoms with Crippen molar-refractivity contribution < 1.29 is 18.7 Å². The van der Waals surface area contributed by atoms with E-state index in [-0.39, 0.29) is 29.5 Å². The molecule has 2 rings (SSSR count). The molecule has 2 unspecified atom stereocenters. The third kappa shape index (κ3) is 2.71.